The Morgan fingerprint density at radius 2 is 1.94 bits per heavy atom. The zero-order chi connectivity index (χ0) is 22.3. The van der Waals surface area contributed by atoms with Gasteiger partial charge in [0.05, 0.1) is 12.8 Å². The van der Waals surface area contributed by atoms with Gasteiger partial charge in [0, 0.05) is 31.0 Å². The van der Waals surface area contributed by atoms with Gasteiger partial charge < -0.3 is 18.8 Å². The van der Waals surface area contributed by atoms with Crippen molar-refractivity contribution >= 4 is 11.6 Å². The van der Waals surface area contributed by atoms with Crippen LogP contribution in [0.4, 0.5) is 0 Å². The van der Waals surface area contributed by atoms with Gasteiger partial charge in [-0.1, -0.05) is 30.3 Å². The Hall–Kier alpha value is -4.06. The molecule has 32 heavy (non-hydrogen) atoms. The van der Waals surface area contributed by atoms with Crippen molar-refractivity contribution in [1.82, 2.24) is 14.3 Å². The lowest BCUT2D eigenvalue weighted by molar-refractivity contribution is 0.0762. The van der Waals surface area contributed by atoms with Crippen molar-refractivity contribution < 1.29 is 14.3 Å². The number of pyridine rings is 1. The summed E-state index contributed by atoms with van der Waals surface area (Å²) in [6.45, 7) is 5.03. The van der Waals surface area contributed by atoms with E-state index in [1.54, 1.807) is 30.2 Å². The summed E-state index contributed by atoms with van der Waals surface area (Å²) < 4.78 is 13.1. The summed E-state index contributed by atoms with van der Waals surface area (Å²) in [4.78, 5) is 19.5. The molecule has 0 aliphatic heterocycles. The SMILES string of the molecule is C=CCN(Cc1ccc(OC)cc1)C(=O)c1cccc(OCc2cn3ccccc3n2)c1. The highest BCUT2D eigenvalue weighted by Crippen LogP contribution is 2.19. The first-order valence-corrected chi connectivity index (χ1v) is 10.3. The van der Waals surface area contributed by atoms with Crippen LogP contribution in [-0.4, -0.2) is 33.8 Å². The minimum absolute atomic E-state index is 0.0844. The number of nitrogens with zero attached hydrogens (tertiary/aromatic N) is 3. The van der Waals surface area contributed by atoms with Gasteiger partial charge in [-0.25, -0.2) is 4.98 Å². The number of ether oxygens (including phenoxy) is 2. The molecule has 162 valence electrons. The average Bonchev–Trinajstić information content (AvgIpc) is 3.26. The van der Waals surface area contributed by atoms with Crippen molar-refractivity contribution in [1.29, 1.82) is 0 Å². The van der Waals surface area contributed by atoms with Gasteiger partial charge in [-0.05, 0) is 48.0 Å². The van der Waals surface area contributed by atoms with E-state index in [4.69, 9.17) is 9.47 Å². The third-order valence-corrected chi connectivity index (χ3v) is 5.05. The summed E-state index contributed by atoms with van der Waals surface area (Å²) in [6, 6.07) is 20.8. The summed E-state index contributed by atoms with van der Waals surface area (Å²) >= 11 is 0. The molecule has 4 aromatic rings. The van der Waals surface area contributed by atoms with Crippen LogP contribution in [0.3, 0.4) is 0 Å². The van der Waals surface area contributed by atoms with Crippen LogP contribution in [0.5, 0.6) is 11.5 Å². The fourth-order valence-electron chi connectivity index (χ4n) is 3.44. The summed E-state index contributed by atoms with van der Waals surface area (Å²) in [7, 11) is 1.63. The predicted octanol–water partition coefficient (Wildman–Crippen LogP) is 4.75. The van der Waals surface area contributed by atoms with Crippen LogP contribution in [0.15, 0.2) is 91.8 Å². The number of carbonyl (C=O) groups excluding carboxylic acids is 1. The highest BCUT2D eigenvalue weighted by Gasteiger charge is 2.16. The van der Waals surface area contributed by atoms with Crippen molar-refractivity contribution in [3.05, 3.63) is 109 Å². The molecule has 6 nitrogen and oxygen atoms in total. The number of benzene rings is 2. The van der Waals surface area contributed by atoms with Gasteiger partial charge >= 0.3 is 0 Å². The van der Waals surface area contributed by atoms with Crippen LogP contribution in [-0.2, 0) is 13.2 Å². The molecule has 0 fully saturated rings. The van der Waals surface area contributed by atoms with Gasteiger partial charge in [0.25, 0.3) is 5.91 Å². The van der Waals surface area contributed by atoms with Gasteiger partial charge in [0.15, 0.2) is 0 Å². The summed E-state index contributed by atoms with van der Waals surface area (Å²) in [5.74, 6) is 1.32. The quantitative estimate of drug-likeness (QED) is 0.362. The van der Waals surface area contributed by atoms with E-state index in [9.17, 15) is 4.79 Å². The predicted molar refractivity (Wildman–Crippen MR) is 124 cm³/mol. The van der Waals surface area contributed by atoms with E-state index >= 15 is 0 Å². The minimum atomic E-state index is -0.0844. The Morgan fingerprint density at radius 3 is 2.69 bits per heavy atom. The minimum Gasteiger partial charge on any atom is -0.497 e. The number of fused-ring (bicyclic) bond motifs is 1. The molecular formula is C26H25N3O3. The molecule has 0 aliphatic carbocycles. The molecule has 2 heterocycles. The van der Waals surface area contributed by atoms with Crippen LogP contribution in [0.1, 0.15) is 21.6 Å². The normalized spacial score (nSPS) is 10.7. The van der Waals surface area contributed by atoms with Gasteiger partial charge in [0.2, 0.25) is 0 Å². The molecule has 6 heteroatoms. The number of hydrogen-bond acceptors (Lipinski definition) is 4. The number of carbonyl (C=O) groups is 1. The Kier molecular flexibility index (Phi) is 6.51. The average molecular weight is 428 g/mol. The molecule has 0 spiro atoms. The number of hydrogen-bond donors (Lipinski definition) is 0. The molecule has 2 aromatic heterocycles. The molecule has 0 bridgehead atoms. The Morgan fingerprint density at radius 1 is 1.09 bits per heavy atom. The standard InChI is InChI=1S/C26H25N3O3/c1-3-14-29(17-20-10-12-23(31-2)13-11-20)26(30)21-7-6-8-24(16-21)32-19-22-18-28-15-5-4-9-25(28)27-22/h3-13,15-16,18H,1,14,17,19H2,2H3. The smallest absolute Gasteiger partial charge is 0.254 e. The summed E-state index contributed by atoms with van der Waals surface area (Å²) in [5.41, 5.74) is 3.27. The molecule has 0 saturated carbocycles. The summed E-state index contributed by atoms with van der Waals surface area (Å²) in [6.07, 6.45) is 5.61. The van der Waals surface area contributed by atoms with E-state index in [-0.39, 0.29) is 5.91 Å². The Balaban J connectivity index is 1.45. The van der Waals surface area contributed by atoms with Crippen LogP contribution in [0.2, 0.25) is 0 Å². The second-order valence-corrected chi connectivity index (χ2v) is 7.34. The third kappa shape index (κ3) is 4.98. The number of aromatic nitrogens is 2. The lowest BCUT2D eigenvalue weighted by Crippen LogP contribution is -2.30. The molecule has 0 atom stereocenters. The number of amides is 1. The van der Waals surface area contributed by atoms with Crippen molar-refractivity contribution in [2.75, 3.05) is 13.7 Å². The highest BCUT2D eigenvalue weighted by molar-refractivity contribution is 5.94. The number of methoxy groups -OCH3 is 1. The Bertz CT molecular complexity index is 1180. The molecule has 0 unspecified atom stereocenters. The molecule has 0 N–H and O–H groups in total. The van der Waals surface area contributed by atoms with Crippen molar-refractivity contribution in [3.63, 3.8) is 0 Å². The van der Waals surface area contributed by atoms with Crippen molar-refractivity contribution in [3.8, 4) is 11.5 Å². The number of imidazole rings is 1. The molecule has 4 rings (SSSR count). The van der Waals surface area contributed by atoms with Crippen molar-refractivity contribution in [2.24, 2.45) is 0 Å². The molecule has 0 saturated heterocycles. The molecular weight excluding hydrogens is 402 g/mol. The lowest BCUT2D eigenvalue weighted by atomic mass is 10.1. The van der Waals surface area contributed by atoms with Crippen LogP contribution >= 0.6 is 0 Å². The first-order valence-electron chi connectivity index (χ1n) is 10.3. The van der Waals surface area contributed by atoms with E-state index in [1.165, 1.54) is 0 Å². The van der Waals surface area contributed by atoms with Gasteiger partial charge in [0.1, 0.15) is 23.8 Å². The zero-order valence-electron chi connectivity index (χ0n) is 18.0. The van der Waals surface area contributed by atoms with Gasteiger partial charge in [-0.15, -0.1) is 6.58 Å². The molecule has 2 aromatic carbocycles. The maximum atomic E-state index is 13.2. The highest BCUT2D eigenvalue weighted by atomic mass is 16.5. The maximum Gasteiger partial charge on any atom is 0.254 e. The van der Waals surface area contributed by atoms with E-state index in [1.807, 2.05) is 71.4 Å². The second-order valence-electron chi connectivity index (χ2n) is 7.34. The van der Waals surface area contributed by atoms with Crippen LogP contribution in [0, 0.1) is 0 Å². The number of rotatable bonds is 9. The fourth-order valence-corrected chi connectivity index (χ4v) is 3.44. The third-order valence-electron chi connectivity index (χ3n) is 5.05. The van der Waals surface area contributed by atoms with Gasteiger partial charge in [-0.2, -0.15) is 0 Å². The monoisotopic (exact) mass is 427 g/mol. The Labute approximate surface area is 187 Å². The molecule has 1 amide bonds. The summed E-state index contributed by atoms with van der Waals surface area (Å²) in [5, 5.41) is 0. The first kappa shape index (κ1) is 21.2. The second kappa shape index (κ2) is 9.83. The van der Waals surface area contributed by atoms with E-state index < -0.39 is 0 Å². The van der Waals surface area contributed by atoms with Gasteiger partial charge in [-0.3, -0.25) is 4.79 Å². The topological polar surface area (TPSA) is 56.1 Å². The van der Waals surface area contributed by atoms with E-state index in [2.05, 4.69) is 11.6 Å². The van der Waals surface area contributed by atoms with E-state index in [0.29, 0.717) is 31.0 Å². The van der Waals surface area contributed by atoms with Crippen LogP contribution < -0.4 is 9.47 Å². The first-order chi connectivity index (χ1) is 15.7. The fraction of sp³-hybridized carbons (Fsp3) is 0.154. The molecule has 0 aliphatic rings. The lowest BCUT2D eigenvalue weighted by Gasteiger charge is -2.22. The maximum absolute atomic E-state index is 13.2. The largest absolute Gasteiger partial charge is 0.497 e. The van der Waals surface area contributed by atoms with Crippen molar-refractivity contribution in [2.45, 2.75) is 13.2 Å². The van der Waals surface area contributed by atoms with Crippen LogP contribution in [0.25, 0.3) is 5.65 Å². The van der Waals surface area contributed by atoms with E-state index in [0.717, 1.165) is 22.7 Å². The zero-order valence-corrected chi connectivity index (χ0v) is 18.0. The molecule has 0 radical (unpaired) electrons.